The summed E-state index contributed by atoms with van der Waals surface area (Å²) in [6.45, 7) is 21.0. The maximum absolute atomic E-state index is 3.81. The Morgan fingerprint density at radius 1 is 0.329 bits per heavy atom. The molecule has 0 aromatic heterocycles. The van der Waals surface area contributed by atoms with Gasteiger partial charge in [0, 0.05) is 37.1 Å². The molecule has 0 saturated heterocycles. The van der Waals surface area contributed by atoms with E-state index in [1.807, 2.05) is 0 Å². The number of unbranched alkanes of at least 4 members (excludes halogenated alkanes) is 13. The Morgan fingerprint density at radius 2 is 0.658 bits per heavy atom. The van der Waals surface area contributed by atoms with Crippen LogP contribution < -0.4 is 9.80 Å². The van der Waals surface area contributed by atoms with Gasteiger partial charge in [-0.15, -0.1) is 0 Å². The van der Waals surface area contributed by atoms with Crippen LogP contribution in [0.5, 0.6) is 0 Å². The van der Waals surface area contributed by atoms with Gasteiger partial charge >= 0.3 is 0 Å². The highest BCUT2D eigenvalue weighted by molar-refractivity contribution is 9.10. The Bertz CT molecular complexity index is 2830. The van der Waals surface area contributed by atoms with Crippen LogP contribution in [0.2, 0.25) is 0 Å². The molecule has 7 aromatic carbocycles. The second-order valence-electron chi connectivity index (χ2n) is 23.5. The lowest BCUT2D eigenvalue weighted by atomic mass is 9.68. The second-order valence-corrected chi connectivity index (χ2v) is 25.4. The monoisotopic (exact) mass is 1180 g/mol. The standard InChI is InChI=1S/C75H94Br2N2/c1-10-15-20-23-24-27-44-75(62-50-60(30-25-21-16-11-2)49-61(51-62)31-26-22-17-12-3)71-52-67(78(65-36-32-63(76)33-37-65)73-54(6)45-58(28-18-13-4)46-55(73)7)40-42-69(71)70-43-41-68(53-72(70)75)79(66-38-34-64(77)35-39-66)74-56(8)47-59(29-19-14-5)48-57(74)9/h32-43,45-53H,10-31,44H2,1-9H3. The average Bonchev–Trinajstić information content (AvgIpc) is 3.94. The van der Waals surface area contributed by atoms with Crippen molar-refractivity contribution in [1.29, 1.82) is 0 Å². The molecular formula is C75H94Br2N2. The Morgan fingerprint density at radius 3 is 1.05 bits per heavy atom. The fourth-order valence-corrected chi connectivity index (χ4v) is 13.7. The van der Waals surface area contributed by atoms with Crippen LogP contribution in [0, 0.1) is 27.7 Å². The van der Waals surface area contributed by atoms with Crippen molar-refractivity contribution in [3.8, 4) is 11.1 Å². The van der Waals surface area contributed by atoms with Crippen LogP contribution in [0.1, 0.15) is 218 Å². The third-order valence-electron chi connectivity index (χ3n) is 17.2. The van der Waals surface area contributed by atoms with E-state index in [9.17, 15) is 0 Å². The third kappa shape index (κ3) is 14.4. The van der Waals surface area contributed by atoms with E-state index >= 15 is 0 Å². The minimum Gasteiger partial charge on any atom is -0.310 e. The van der Waals surface area contributed by atoms with E-state index in [-0.39, 0.29) is 0 Å². The molecule has 79 heavy (non-hydrogen) atoms. The molecule has 1 aliphatic rings. The lowest BCUT2D eigenvalue weighted by Crippen LogP contribution is -2.28. The van der Waals surface area contributed by atoms with E-state index in [2.05, 4.69) is 231 Å². The first-order chi connectivity index (χ1) is 38.4. The zero-order chi connectivity index (χ0) is 55.9. The number of benzene rings is 7. The smallest absolute Gasteiger partial charge is 0.0520 e. The van der Waals surface area contributed by atoms with E-state index in [0.717, 1.165) is 47.5 Å². The first kappa shape index (κ1) is 60.2. The summed E-state index contributed by atoms with van der Waals surface area (Å²) in [5.74, 6) is 0. The molecule has 8 rings (SSSR count). The van der Waals surface area contributed by atoms with Crippen LogP contribution in [0.25, 0.3) is 11.1 Å². The Kier molecular flexibility index (Phi) is 22.2. The summed E-state index contributed by atoms with van der Waals surface area (Å²) in [6.07, 6.45) is 27.9. The molecule has 0 unspecified atom stereocenters. The summed E-state index contributed by atoms with van der Waals surface area (Å²) in [5.41, 5.74) is 25.3. The number of hydrogen-bond acceptors (Lipinski definition) is 2. The number of halogens is 2. The van der Waals surface area contributed by atoms with Crippen molar-refractivity contribution in [3.05, 3.63) is 198 Å². The summed E-state index contributed by atoms with van der Waals surface area (Å²) in [7, 11) is 0. The van der Waals surface area contributed by atoms with Gasteiger partial charge < -0.3 is 9.80 Å². The summed E-state index contributed by atoms with van der Waals surface area (Å²) in [5, 5.41) is 0. The van der Waals surface area contributed by atoms with Gasteiger partial charge in [0.05, 0.1) is 11.4 Å². The van der Waals surface area contributed by atoms with E-state index in [1.54, 1.807) is 0 Å². The number of hydrogen-bond donors (Lipinski definition) is 0. The molecule has 0 amide bonds. The number of rotatable bonds is 30. The Hall–Kier alpha value is -4.90. The lowest BCUT2D eigenvalue weighted by molar-refractivity contribution is 0.505. The summed E-state index contributed by atoms with van der Waals surface area (Å²) >= 11 is 7.63. The zero-order valence-electron chi connectivity index (χ0n) is 50.0. The van der Waals surface area contributed by atoms with Crippen LogP contribution in [0.4, 0.5) is 34.1 Å². The summed E-state index contributed by atoms with van der Waals surface area (Å²) in [4.78, 5) is 5.17. The van der Waals surface area contributed by atoms with Crippen LogP contribution in [-0.4, -0.2) is 0 Å². The van der Waals surface area contributed by atoms with Crippen molar-refractivity contribution in [1.82, 2.24) is 0 Å². The van der Waals surface area contributed by atoms with Gasteiger partial charge in [0.2, 0.25) is 0 Å². The van der Waals surface area contributed by atoms with Crippen molar-refractivity contribution in [3.63, 3.8) is 0 Å². The predicted molar refractivity (Wildman–Crippen MR) is 353 cm³/mol. The van der Waals surface area contributed by atoms with Crippen molar-refractivity contribution in [2.75, 3.05) is 9.80 Å². The van der Waals surface area contributed by atoms with Crippen molar-refractivity contribution >= 4 is 66.0 Å². The number of aryl methyl sites for hydroxylation is 8. The highest BCUT2D eigenvalue weighted by Crippen LogP contribution is 2.58. The molecule has 7 aromatic rings. The quantitative estimate of drug-likeness (QED) is 0.0414. The minimum absolute atomic E-state index is 0.405. The zero-order valence-corrected chi connectivity index (χ0v) is 53.2. The van der Waals surface area contributed by atoms with Gasteiger partial charge in [0.1, 0.15) is 0 Å². The van der Waals surface area contributed by atoms with E-state index in [0.29, 0.717) is 0 Å². The van der Waals surface area contributed by atoms with Crippen molar-refractivity contribution in [2.24, 2.45) is 0 Å². The maximum atomic E-state index is 3.81. The number of fused-ring (bicyclic) bond motifs is 3. The molecule has 0 saturated carbocycles. The van der Waals surface area contributed by atoms with Crippen LogP contribution in [-0.2, 0) is 31.1 Å². The lowest BCUT2D eigenvalue weighted by Gasteiger charge is -2.36. The van der Waals surface area contributed by atoms with Crippen molar-refractivity contribution in [2.45, 2.75) is 215 Å². The van der Waals surface area contributed by atoms with Crippen molar-refractivity contribution < 1.29 is 0 Å². The molecule has 0 atom stereocenters. The molecule has 2 nitrogen and oxygen atoms in total. The van der Waals surface area contributed by atoms with E-state index in [4.69, 9.17) is 0 Å². The largest absolute Gasteiger partial charge is 0.310 e. The van der Waals surface area contributed by atoms with Gasteiger partial charge in [-0.05, 0) is 231 Å². The van der Waals surface area contributed by atoms with E-state index < -0.39 is 5.41 Å². The maximum Gasteiger partial charge on any atom is 0.0520 e. The first-order valence-electron chi connectivity index (χ1n) is 31.2. The second kappa shape index (κ2) is 29.2. The molecule has 4 heteroatoms. The van der Waals surface area contributed by atoms with Gasteiger partial charge in [0.15, 0.2) is 0 Å². The molecule has 418 valence electrons. The number of anilines is 6. The molecule has 0 aliphatic heterocycles. The Labute approximate surface area is 496 Å². The van der Waals surface area contributed by atoms with Gasteiger partial charge in [-0.2, -0.15) is 0 Å². The topological polar surface area (TPSA) is 6.48 Å². The highest BCUT2D eigenvalue weighted by atomic mass is 79.9. The molecule has 0 bridgehead atoms. The molecule has 0 N–H and O–H groups in total. The SMILES string of the molecule is CCCCCCCCC1(c2cc(CCCCCC)cc(CCCCCC)c2)c2cc(N(c3ccc(Br)cc3)c3c(C)cc(CCCC)cc3C)ccc2-c2ccc(N(c3ccc(Br)cc3)c3c(C)cc(CCCC)cc3C)cc21. The molecule has 0 fully saturated rings. The molecule has 1 aliphatic carbocycles. The normalized spacial score (nSPS) is 12.5. The van der Waals surface area contributed by atoms with Crippen LogP contribution in [0.3, 0.4) is 0 Å². The predicted octanol–water partition coefficient (Wildman–Crippen LogP) is 24.4. The van der Waals surface area contributed by atoms with Gasteiger partial charge in [-0.25, -0.2) is 0 Å². The van der Waals surface area contributed by atoms with Crippen LogP contribution >= 0.6 is 31.9 Å². The fraction of sp³-hybridized carbons (Fsp3) is 0.440. The van der Waals surface area contributed by atoms with Gasteiger partial charge in [0.25, 0.3) is 0 Å². The number of nitrogens with zero attached hydrogens (tertiary/aromatic N) is 2. The molecule has 0 radical (unpaired) electrons. The molecule has 0 heterocycles. The molecular weight excluding hydrogens is 1090 g/mol. The first-order valence-corrected chi connectivity index (χ1v) is 32.8. The van der Waals surface area contributed by atoms with Gasteiger partial charge in [-0.1, -0.05) is 211 Å². The molecule has 0 spiro atoms. The Balaban J connectivity index is 1.43. The summed E-state index contributed by atoms with van der Waals surface area (Å²) in [6, 6.07) is 51.1. The highest BCUT2D eigenvalue weighted by Gasteiger charge is 2.45. The fourth-order valence-electron chi connectivity index (χ4n) is 13.2. The van der Waals surface area contributed by atoms with E-state index in [1.165, 1.54) is 216 Å². The van der Waals surface area contributed by atoms with Crippen LogP contribution in [0.15, 0.2) is 136 Å². The van der Waals surface area contributed by atoms with Gasteiger partial charge in [-0.3, -0.25) is 0 Å². The summed E-state index contributed by atoms with van der Waals surface area (Å²) < 4.78 is 2.18. The third-order valence-corrected chi connectivity index (χ3v) is 18.2. The minimum atomic E-state index is -0.405. The average molecular weight is 1180 g/mol.